The van der Waals surface area contributed by atoms with E-state index in [4.69, 9.17) is 5.73 Å². The van der Waals surface area contributed by atoms with Crippen molar-refractivity contribution in [3.8, 4) is 0 Å². The summed E-state index contributed by atoms with van der Waals surface area (Å²) in [5.41, 5.74) is 5.24. The summed E-state index contributed by atoms with van der Waals surface area (Å²) in [6, 6.07) is -0.142. The minimum Gasteiger partial charge on any atom is -0.394 e. The quantitative estimate of drug-likeness (QED) is 0.573. The summed E-state index contributed by atoms with van der Waals surface area (Å²) < 4.78 is 0. The Kier molecular flexibility index (Phi) is 4.30. The molecule has 1 rings (SSSR count). The molecule has 1 aromatic rings. The molecule has 0 bridgehead atoms. The van der Waals surface area contributed by atoms with Gasteiger partial charge in [-0.25, -0.2) is 4.98 Å². The predicted molar refractivity (Wildman–Crippen MR) is 63.2 cm³/mol. The zero-order chi connectivity index (χ0) is 12.1. The number of aromatic amines is 1. The summed E-state index contributed by atoms with van der Waals surface area (Å²) in [7, 11) is 0. The van der Waals surface area contributed by atoms with Gasteiger partial charge in [-0.1, -0.05) is 13.8 Å². The molecule has 0 aliphatic carbocycles. The number of aliphatic hydroxyl groups excluding tert-OH is 1. The van der Waals surface area contributed by atoms with Gasteiger partial charge >= 0.3 is 0 Å². The standard InChI is InChI=1S/C10H18N4O2/c1-6(2)3-7(4-15)14-9-8(11)10(16)13-5-12-9/h5-7,15H,3-4,11H2,1-2H3,(H2,12,13,14,16). The van der Waals surface area contributed by atoms with Crippen molar-refractivity contribution in [1.29, 1.82) is 0 Å². The number of hydrogen-bond acceptors (Lipinski definition) is 5. The third kappa shape index (κ3) is 3.23. The van der Waals surface area contributed by atoms with Gasteiger partial charge in [0.25, 0.3) is 5.56 Å². The van der Waals surface area contributed by atoms with Gasteiger partial charge in [0.15, 0.2) is 5.82 Å². The average Bonchev–Trinajstić information content (AvgIpc) is 2.23. The summed E-state index contributed by atoms with van der Waals surface area (Å²) in [5.74, 6) is 0.760. The van der Waals surface area contributed by atoms with Gasteiger partial charge in [-0.05, 0) is 12.3 Å². The number of nitrogens with one attached hydrogen (secondary N) is 2. The molecule has 1 unspecified atom stereocenters. The lowest BCUT2D eigenvalue weighted by Crippen LogP contribution is -2.28. The number of H-pyrrole nitrogens is 1. The molecule has 1 atom stereocenters. The molecular weight excluding hydrogens is 208 g/mol. The second kappa shape index (κ2) is 5.50. The maximum absolute atomic E-state index is 11.2. The molecule has 0 aromatic carbocycles. The highest BCUT2D eigenvalue weighted by Gasteiger charge is 2.12. The molecule has 0 saturated carbocycles. The lowest BCUT2D eigenvalue weighted by molar-refractivity contribution is 0.259. The second-order valence-electron chi connectivity index (χ2n) is 4.15. The SMILES string of the molecule is CC(C)CC(CO)Nc1nc[nH]c(=O)c1N. The molecular formula is C10H18N4O2. The first-order chi connectivity index (χ1) is 7.54. The average molecular weight is 226 g/mol. The van der Waals surface area contributed by atoms with Crippen molar-refractivity contribution in [2.75, 3.05) is 17.7 Å². The van der Waals surface area contributed by atoms with Crippen molar-refractivity contribution >= 4 is 11.5 Å². The Bertz CT molecular complexity index is 389. The van der Waals surface area contributed by atoms with Crippen molar-refractivity contribution in [2.24, 2.45) is 5.92 Å². The predicted octanol–water partition coefficient (Wildman–Crippen LogP) is 0.171. The lowest BCUT2D eigenvalue weighted by Gasteiger charge is -2.19. The van der Waals surface area contributed by atoms with E-state index >= 15 is 0 Å². The Morgan fingerprint density at radius 2 is 2.31 bits per heavy atom. The van der Waals surface area contributed by atoms with Gasteiger partial charge in [0, 0.05) is 0 Å². The van der Waals surface area contributed by atoms with Crippen LogP contribution in [-0.4, -0.2) is 27.7 Å². The zero-order valence-corrected chi connectivity index (χ0v) is 9.53. The normalized spacial score (nSPS) is 12.8. The summed E-state index contributed by atoms with van der Waals surface area (Å²) in [4.78, 5) is 17.5. The fourth-order valence-electron chi connectivity index (χ4n) is 1.47. The Hall–Kier alpha value is -1.56. The van der Waals surface area contributed by atoms with Crippen molar-refractivity contribution in [1.82, 2.24) is 9.97 Å². The van der Waals surface area contributed by atoms with E-state index in [9.17, 15) is 9.90 Å². The largest absolute Gasteiger partial charge is 0.394 e. The Labute approximate surface area is 93.9 Å². The van der Waals surface area contributed by atoms with Crippen LogP contribution in [0, 0.1) is 5.92 Å². The third-order valence-corrected chi connectivity index (χ3v) is 2.21. The first-order valence-corrected chi connectivity index (χ1v) is 5.25. The van der Waals surface area contributed by atoms with Crippen LogP contribution >= 0.6 is 0 Å². The molecule has 0 aliphatic rings. The number of aromatic nitrogens is 2. The van der Waals surface area contributed by atoms with E-state index < -0.39 is 0 Å². The summed E-state index contributed by atoms with van der Waals surface area (Å²) in [6.07, 6.45) is 2.06. The van der Waals surface area contributed by atoms with Gasteiger partial charge in [-0.2, -0.15) is 0 Å². The molecule has 0 saturated heterocycles. The minimum atomic E-state index is -0.376. The summed E-state index contributed by atoms with van der Waals surface area (Å²) in [5, 5.41) is 12.1. The van der Waals surface area contributed by atoms with E-state index in [2.05, 4.69) is 29.1 Å². The number of nitrogens with zero attached hydrogens (tertiary/aromatic N) is 1. The van der Waals surface area contributed by atoms with Crippen molar-refractivity contribution in [3.63, 3.8) is 0 Å². The zero-order valence-electron chi connectivity index (χ0n) is 9.53. The molecule has 6 heteroatoms. The molecule has 1 heterocycles. The van der Waals surface area contributed by atoms with Crippen LogP contribution in [0.1, 0.15) is 20.3 Å². The molecule has 16 heavy (non-hydrogen) atoms. The Morgan fingerprint density at radius 1 is 1.62 bits per heavy atom. The molecule has 90 valence electrons. The molecule has 0 aliphatic heterocycles. The third-order valence-electron chi connectivity index (χ3n) is 2.21. The van der Waals surface area contributed by atoms with Crippen molar-refractivity contribution in [3.05, 3.63) is 16.7 Å². The fraction of sp³-hybridized carbons (Fsp3) is 0.600. The molecule has 0 spiro atoms. The van der Waals surface area contributed by atoms with Crippen LogP contribution in [-0.2, 0) is 0 Å². The van der Waals surface area contributed by atoms with E-state index in [1.807, 2.05) is 0 Å². The van der Waals surface area contributed by atoms with E-state index in [0.717, 1.165) is 6.42 Å². The minimum absolute atomic E-state index is 0.0217. The van der Waals surface area contributed by atoms with Crippen LogP contribution in [0.25, 0.3) is 0 Å². The van der Waals surface area contributed by atoms with Gasteiger partial charge in [-0.3, -0.25) is 4.79 Å². The molecule has 0 radical (unpaired) electrons. The topological polar surface area (TPSA) is 104 Å². The highest BCUT2D eigenvalue weighted by Crippen LogP contribution is 2.13. The monoisotopic (exact) mass is 226 g/mol. The van der Waals surface area contributed by atoms with Gasteiger partial charge in [0.05, 0.1) is 19.0 Å². The number of anilines is 2. The molecule has 0 amide bonds. The Balaban J connectivity index is 2.78. The van der Waals surface area contributed by atoms with Gasteiger partial charge in [0.2, 0.25) is 0 Å². The van der Waals surface area contributed by atoms with E-state index in [-0.39, 0.29) is 23.9 Å². The molecule has 1 aromatic heterocycles. The van der Waals surface area contributed by atoms with Crippen LogP contribution in [0.3, 0.4) is 0 Å². The van der Waals surface area contributed by atoms with Gasteiger partial charge in [0.1, 0.15) is 5.69 Å². The van der Waals surface area contributed by atoms with Crippen molar-refractivity contribution in [2.45, 2.75) is 26.3 Å². The second-order valence-corrected chi connectivity index (χ2v) is 4.15. The fourth-order valence-corrected chi connectivity index (χ4v) is 1.47. The number of hydrogen-bond donors (Lipinski definition) is 4. The van der Waals surface area contributed by atoms with Crippen LogP contribution < -0.4 is 16.6 Å². The van der Waals surface area contributed by atoms with Crippen LogP contribution in [0.4, 0.5) is 11.5 Å². The summed E-state index contributed by atoms with van der Waals surface area (Å²) in [6.45, 7) is 4.09. The number of rotatable bonds is 5. The number of aliphatic hydroxyl groups is 1. The van der Waals surface area contributed by atoms with Crippen LogP contribution in [0.15, 0.2) is 11.1 Å². The maximum Gasteiger partial charge on any atom is 0.276 e. The molecule has 0 fully saturated rings. The number of nitrogen functional groups attached to an aromatic ring is 1. The smallest absolute Gasteiger partial charge is 0.276 e. The first kappa shape index (κ1) is 12.5. The van der Waals surface area contributed by atoms with Gasteiger partial charge in [-0.15, -0.1) is 0 Å². The lowest BCUT2D eigenvalue weighted by atomic mass is 10.0. The van der Waals surface area contributed by atoms with E-state index in [1.54, 1.807) is 0 Å². The number of nitrogens with two attached hydrogens (primary N) is 1. The van der Waals surface area contributed by atoms with E-state index in [0.29, 0.717) is 11.7 Å². The summed E-state index contributed by atoms with van der Waals surface area (Å²) >= 11 is 0. The highest BCUT2D eigenvalue weighted by atomic mass is 16.3. The molecule has 6 nitrogen and oxygen atoms in total. The highest BCUT2D eigenvalue weighted by molar-refractivity contribution is 5.59. The molecule has 5 N–H and O–H groups in total. The van der Waals surface area contributed by atoms with Crippen molar-refractivity contribution < 1.29 is 5.11 Å². The van der Waals surface area contributed by atoms with Crippen LogP contribution in [0.2, 0.25) is 0 Å². The van der Waals surface area contributed by atoms with Gasteiger partial charge < -0.3 is 21.1 Å². The van der Waals surface area contributed by atoms with E-state index in [1.165, 1.54) is 6.33 Å². The maximum atomic E-state index is 11.2. The Morgan fingerprint density at radius 3 is 2.88 bits per heavy atom. The van der Waals surface area contributed by atoms with Crippen LogP contribution in [0.5, 0.6) is 0 Å². The first-order valence-electron chi connectivity index (χ1n) is 5.25.